The number of piperidine rings is 1. The first-order valence-corrected chi connectivity index (χ1v) is 6.47. The molecule has 1 amide bonds. The van der Waals surface area contributed by atoms with Crippen molar-refractivity contribution in [2.45, 2.75) is 31.1 Å². The average Bonchev–Trinajstić information content (AvgIpc) is 2.73. The van der Waals surface area contributed by atoms with Crippen molar-refractivity contribution in [1.82, 2.24) is 4.90 Å². The molecule has 2 heterocycles. The molecule has 1 aromatic heterocycles. The van der Waals surface area contributed by atoms with Crippen LogP contribution >= 0.6 is 15.9 Å². The molecule has 2 atom stereocenters. The molecule has 1 fully saturated rings. The summed E-state index contributed by atoms with van der Waals surface area (Å²) in [5.41, 5.74) is 5.65. The summed E-state index contributed by atoms with van der Waals surface area (Å²) in [6.07, 6.45) is -4.40. The predicted octanol–water partition coefficient (Wildman–Crippen LogP) is 2.54. The quantitative estimate of drug-likeness (QED) is 0.854. The lowest BCUT2D eigenvalue weighted by molar-refractivity contribution is -0.184. The summed E-state index contributed by atoms with van der Waals surface area (Å²) in [5.74, 6) is -0.918. The van der Waals surface area contributed by atoms with Gasteiger partial charge in [0.05, 0.1) is 0 Å². The highest BCUT2D eigenvalue weighted by atomic mass is 79.9. The van der Waals surface area contributed by atoms with E-state index >= 15 is 0 Å². The maximum atomic E-state index is 12.9. The number of likely N-dealkylation sites (tertiary alicyclic amines) is 1. The molecule has 8 heteroatoms. The molecule has 0 aliphatic carbocycles. The monoisotopic (exact) mass is 340 g/mol. The molecule has 2 unspecified atom stereocenters. The Labute approximate surface area is 115 Å². The molecule has 106 valence electrons. The first kappa shape index (κ1) is 14.4. The molecule has 1 saturated heterocycles. The van der Waals surface area contributed by atoms with Crippen LogP contribution in [0.2, 0.25) is 0 Å². The van der Waals surface area contributed by atoms with E-state index in [1.54, 1.807) is 0 Å². The molecule has 0 radical (unpaired) electrons. The molecule has 4 nitrogen and oxygen atoms in total. The zero-order valence-electron chi connectivity index (χ0n) is 9.78. The van der Waals surface area contributed by atoms with Crippen LogP contribution in [0.15, 0.2) is 21.2 Å². The molecule has 1 aliphatic heterocycles. The van der Waals surface area contributed by atoms with Crippen LogP contribution in [0.3, 0.4) is 0 Å². The zero-order valence-corrected chi connectivity index (χ0v) is 11.4. The summed E-state index contributed by atoms with van der Waals surface area (Å²) < 4.78 is 44.1. The van der Waals surface area contributed by atoms with Crippen LogP contribution in [-0.4, -0.2) is 35.6 Å². The van der Waals surface area contributed by atoms with Gasteiger partial charge in [0.2, 0.25) is 0 Å². The highest BCUT2D eigenvalue weighted by Crippen LogP contribution is 2.32. The van der Waals surface area contributed by atoms with Crippen molar-refractivity contribution >= 4 is 21.8 Å². The Kier molecular flexibility index (Phi) is 3.91. The lowest BCUT2D eigenvalue weighted by Gasteiger charge is -2.38. The maximum Gasteiger partial charge on any atom is 0.408 e. The highest BCUT2D eigenvalue weighted by Gasteiger charge is 2.48. The lowest BCUT2D eigenvalue weighted by atomic mass is 9.98. The topological polar surface area (TPSA) is 59.5 Å². The summed E-state index contributed by atoms with van der Waals surface area (Å²) in [6.45, 7) is -0.124. The summed E-state index contributed by atoms with van der Waals surface area (Å²) in [6, 6.07) is 0.546. The van der Waals surface area contributed by atoms with Gasteiger partial charge >= 0.3 is 6.18 Å². The maximum absolute atomic E-state index is 12.9. The van der Waals surface area contributed by atoms with E-state index in [0.29, 0.717) is 4.67 Å². The van der Waals surface area contributed by atoms with Crippen LogP contribution in [-0.2, 0) is 0 Å². The van der Waals surface area contributed by atoms with E-state index in [0.717, 1.165) is 4.90 Å². The number of nitrogens with zero attached hydrogens (tertiary/aromatic N) is 1. The van der Waals surface area contributed by atoms with Gasteiger partial charge in [0.25, 0.3) is 5.91 Å². The van der Waals surface area contributed by atoms with Crippen LogP contribution in [0, 0.1) is 0 Å². The number of carbonyl (C=O) groups excluding carboxylic acids is 1. The SMILES string of the molecule is NC1CCC(C(F)(F)F)N(C(=O)c2ccc(Br)o2)C1. The van der Waals surface area contributed by atoms with Gasteiger partial charge in [0, 0.05) is 12.6 Å². The molecule has 1 aromatic rings. The van der Waals surface area contributed by atoms with Crippen LogP contribution < -0.4 is 5.73 Å². The second kappa shape index (κ2) is 5.16. The Morgan fingerprint density at radius 3 is 2.63 bits per heavy atom. The molecule has 2 N–H and O–H groups in total. The standard InChI is InChI=1S/C11H12BrF3N2O2/c12-9-4-2-7(19-9)10(18)17-5-6(16)1-3-8(17)11(13,14)15/h2,4,6,8H,1,3,5,16H2. The number of hydrogen-bond donors (Lipinski definition) is 1. The Bertz CT molecular complexity index is 475. The average molecular weight is 341 g/mol. The fourth-order valence-corrected chi connectivity index (χ4v) is 2.44. The number of amides is 1. The third kappa shape index (κ3) is 3.11. The molecule has 0 aromatic carbocycles. The normalized spacial score (nSPS) is 24.6. The van der Waals surface area contributed by atoms with Crippen molar-refractivity contribution in [1.29, 1.82) is 0 Å². The molecular formula is C11H12BrF3N2O2. The second-order valence-corrected chi connectivity index (χ2v) is 5.24. The van der Waals surface area contributed by atoms with Gasteiger partial charge in [-0.25, -0.2) is 0 Å². The zero-order chi connectivity index (χ0) is 14.2. The molecule has 2 rings (SSSR count). The van der Waals surface area contributed by atoms with Gasteiger partial charge in [0.15, 0.2) is 10.4 Å². The predicted molar refractivity (Wildman–Crippen MR) is 64.5 cm³/mol. The van der Waals surface area contributed by atoms with Crippen molar-refractivity contribution in [3.63, 3.8) is 0 Å². The minimum absolute atomic E-state index is 0.124. The number of alkyl halides is 3. The Morgan fingerprint density at radius 1 is 1.42 bits per heavy atom. The summed E-state index contributed by atoms with van der Waals surface area (Å²) in [7, 11) is 0. The van der Waals surface area contributed by atoms with Gasteiger partial charge in [-0.15, -0.1) is 0 Å². The van der Waals surface area contributed by atoms with Crippen LogP contribution in [0.5, 0.6) is 0 Å². The van der Waals surface area contributed by atoms with E-state index in [4.69, 9.17) is 10.2 Å². The second-order valence-electron chi connectivity index (χ2n) is 4.46. The third-order valence-electron chi connectivity index (χ3n) is 3.04. The van der Waals surface area contributed by atoms with E-state index in [1.807, 2.05) is 0 Å². The third-order valence-corrected chi connectivity index (χ3v) is 3.47. The van der Waals surface area contributed by atoms with Gasteiger partial charge in [-0.05, 0) is 40.9 Å². The van der Waals surface area contributed by atoms with Crippen molar-refractivity contribution < 1.29 is 22.4 Å². The van der Waals surface area contributed by atoms with Gasteiger partial charge < -0.3 is 15.1 Å². The number of nitrogens with two attached hydrogens (primary N) is 1. The molecule has 0 saturated carbocycles. The van der Waals surface area contributed by atoms with Crippen molar-refractivity contribution in [3.05, 3.63) is 22.6 Å². The van der Waals surface area contributed by atoms with E-state index in [2.05, 4.69) is 15.9 Å². The molecular weight excluding hydrogens is 329 g/mol. The van der Waals surface area contributed by atoms with Gasteiger partial charge in [-0.1, -0.05) is 0 Å². The highest BCUT2D eigenvalue weighted by molar-refractivity contribution is 9.10. The van der Waals surface area contributed by atoms with Gasteiger partial charge in [0.1, 0.15) is 6.04 Å². The van der Waals surface area contributed by atoms with Crippen molar-refractivity contribution in [2.24, 2.45) is 5.73 Å². The summed E-state index contributed by atoms with van der Waals surface area (Å²) in [4.78, 5) is 12.8. The van der Waals surface area contributed by atoms with Gasteiger partial charge in [-0.3, -0.25) is 4.79 Å². The van der Waals surface area contributed by atoms with Crippen LogP contribution in [0.4, 0.5) is 13.2 Å². The van der Waals surface area contributed by atoms with Crippen LogP contribution in [0.1, 0.15) is 23.4 Å². The van der Waals surface area contributed by atoms with Crippen molar-refractivity contribution in [3.8, 4) is 0 Å². The van der Waals surface area contributed by atoms with E-state index in [1.165, 1.54) is 12.1 Å². The largest absolute Gasteiger partial charge is 0.444 e. The first-order chi connectivity index (χ1) is 8.79. The summed E-state index contributed by atoms with van der Waals surface area (Å²) in [5, 5.41) is 0. The fourth-order valence-electron chi connectivity index (χ4n) is 2.13. The molecule has 0 bridgehead atoms. The Morgan fingerprint density at radius 2 is 2.11 bits per heavy atom. The summed E-state index contributed by atoms with van der Waals surface area (Å²) >= 11 is 3.01. The number of rotatable bonds is 1. The minimum atomic E-state index is -4.46. The Hall–Kier alpha value is -1.02. The number of carbonyl (C=O) groups is 1. The van der Waals surface area contributed by atoms with Crippen molar-refractivity contribution in [2.75, 3.05) is 6.54 Å². The molecule has 19 heavy (non-hydrogen) atoms. The fraction of sp³-hybridized carbons (Fsp3) is 0.545. The Balaban J connectivity index is 2.25. The first-order valence-electron chi connectivity index (χ1n) is 5.67. The van der Waals surface area contributed by atoms with E-state index in [9.17, 15) is 18.0 Å². The number of hydrogen-bond acceptors (Lipinski definition) is 3. The molecule has 0 spiro atoms. The van der Waals surface area contributed by atoms with E-state index in [-0.39, 0.29) is 25.1 Å². The van der Waals surface area contributed by atoms with Gasteiger partial charge in [-0.2, -0.15) is 13.2 Å². The lowest BCUT2D eigenvalue weighted by Crippen LogP contribution is -2.56. The molecule has 1 aliphatic rings. The van der Waals surface area contributed by atoms with Crippen LogP contribution in [0.25, 0.3) is 0 Å². The number of halogens is 4. The minimum Gasteiger partial charge on any atom is -0.444 e. The van der Waals surface area contributed by atoms with E-state index < -0.39 is 24.2 Å². The number of furan rings is 1. The smallest absolute Gasteiger partial charge is 0.408 e.